The van der Waals surface area contributed by atoms with Gasteiger partial charge in [-0.3, -0.25) is 14.9 Å². The third kappa shape index (κ3) is 6.46. The van der Waals surface area contributed by atoms with E-state index in [0.717, 1.165) is 0 Å². The zero-order valence-electron chi connectivity index (χ0n) is 13.6. The Bertz CT molecular complexity index is 571. The van der Waals surface area contributed by atoms with Crippen molar-refractivity contribution in [2.45, 2.75) is 39.7 Å². The van der Waals surface area contributed by atoms with E-state index in [9.17, 15) is 19.7 Å². The number of rotatable bonds is 8. The topological polar surface area (TPSA) is 98.5 Å². The third-order valence-electron chi connectivity index (χ3n) is 3.07. The van der Waals surface area contributed by atoms with Gasteiger partial charge in [-0.15, -0.1) is 0 Å². The van der Waals surface area contributed by atoms with Crippen molar-refractivity contribution in [3.63, 3.8) is 0 Å². The molecule has 0 fully saturated rings. The Balaban J connectivity index is 2.61. The summed E-state index contributed by atoms with van der Waals surface area (Å²) < 4.78 is 5.12. The van der Waals surface area contributed by atoms with Crippen molar-refractivity contribution in [3.05, 3.63) is 39.9 Å². The van der Waals surface area contributed by atoms with E-state index in [4.69, 9.17) is 4.74 Å². The molecule has 0 spiro atoms. The Kier molecular flexibility index (Phi) is 7.18. The van der Waals surface area contributed by atoms with E-state index in [-0.39, 0.29) is 23.9 Å². The molecular formula is C16H22N2O5. The molecule has 0 aliphatic heterocycles. The highest BCUT2D eigenvalue weighted by Gasteiger charge is 2.21. The van der Waals surface area contributed by atoms with E-state index in [1.54, 1.807) is 13.0 Å². The fourth-order valence-electron chi connectivity index (χ4n) is 1.89. The number of benzene rings is 1. The molecule has 0 aliphatic carbocycles. The molecule has 7 heteroatoms. The first kappa shape index (κ1) is 18.6. The molecule has 0 aliphatic rings. The van der Waals surface area contributed by atoms with Gasteiger partial charge in [0.2, 0.25) is 5.91 Å². The smallest absolute Gasteiger partial charge is 0.328 e. The normalized spacial score (nSPS) is 11.8. The summed E-state index contributed by atoms with van der Waals surface area (Å²) in [5.41, 5.74) is 0.445. The molecule has 0 saturated carbocycles. The molecule has 1 unspecified atom stereocenters. The Morgan fingerprint density at radius 1 is 1.35 bits per heavy atom. The maximum atomic E-state index is 12.0. The molecule has 0 heterocycles. The molecule has 0 aromatic heterocycles. The molecule has 0 bridgehead atoms. The number of nitrogens with one attached hydrogen (secondary N) is 1. The molecule has 126 valence electrons. The largest absolute Gasteiger partial charge is 0.464 e. The molecule has 1 amide bonds. The van der Waals surface area contributed by atoms with Gasteiger partial charge in [-0.05, 0) is 17.9 Å². The summed E-state index contributed by atoms with van der Waals surface area (Å²) in [5, 5.41) is 13.3. The monoisotopic (exact) mass is 322 g/mol. The average molecular weight is 322 g/mol. The van der Waals surface area contributed by atoms with Gasteiger partial charge in [-0.2, -0.15) is 0 Å². The van der Waals surface area contributed by atoms with E-state index in [0.29, 0.717) is 18.6 Å². The van der Waals surface area contributed by atoms with Crippen molar-refractivity contribution in [2.75, 3.05) is 6.61 Å². The molecule has 1 rings (SSSR count). The van der Waals surface area contributed by atoms with Crippen molar-refractivity contribution in [1.82, 2.24) is 5.32 Å². The van der Waals surface area contributed by atoms with Gasteiger partial charge in [0.15, 0.2) is 0 Å². The number of esters is 1. The predicted molar refractivity (Wildman–Crippen MR) is 84.8 cm³/mol. The van der Waals surface area contributed by atoms with Crippen LogP contribution in [-0.4, -0.2) is 29.4 Å². The fraction of sp³-hybridized carbons (Fsp3) is 0.500. The first-order valence-electron chi connectivity index (χ1n) is 7.52. The summed E-state index contributed by atoms with van der Waals surface area (Å²) in [5.74, 6) is -0.621. The van der Waals surface area contributed by atoms with Crippen LogP contribution in [0.4, 0.5) is 5.69 Å². The van der Waals surface area contributed by atoms with Crippen LogP contribution in [0.2, 0.25) is 0 Å². The summed E-state index contributed by atoms with van der Waals surface area (Å²) in [7, 11) is 0. The first-order valence-corrected chi connectivity index (χ1v) is 7.52. The number of amides is 1. The van der Waals surface area contributed by atoms with Crippen LogP contribution in [0, 0.1) is 16.0 Å². The van der Waals surface area contributed by atoms with Crippen LogP contribution in [0.15, 0.2) is 24.3 Å². The Morgan fingerprint density at radius 2 is 2.04 bits per heavy atom. The van der Waals surface area contributed by atoms with Gasteiger partial charge >= 0.3 is 5.97 Å². The van der Waals surface area contributed by atoms with Gasteiger partial charge in [0, 0.05) is 12.1 Å². The molecule has 23 heavy (non-hydrogen) atoms. The first-order chi connectivity index (χ1) is 10.8. The Hall–Kier alpha value is -2.44. The SMILES string of the molecule is CCC(NC(=O)Cc1cccc([N+](=O)[O-])c1)C(=O)OCC(C)C. The summed E-state index contributed by atoms with van der Waals surface area (Å²) in [6.07, 6.45) is 0.382. The molecule has 1 aromatic rings. The van der Waals surface area contributed by atoms with Crippen LogP contribution in [0.5, 0.6) is 0 Å². The lowest BCUT2D eigenvalue weighted by Gasteiger charge is -2.17. The van der Waals surface area contributed by atoms with Crippen LogP contribution < -0.4 is 5.32 Å². The van der Waals surface area contributed by atoms with Crippen molar-refractivity contribution < 1.29 is 19.2 Å². The van der Waals surface area contributed by atoms with Gasteiger partial charge in [-0.1, -0.05) is 32.9 Å². The number of nitro benzene ring substituents is 1. The van der Waals surface area contributed by atoms with Gasteiger partial charge in [0.25, 0.3) is 5.69 Å². The highest BCUT2D eigenvalue weighted by molar-refractivity contribution is 5.85. The number of non-ortho nitro benzene ring substituents is 1. The van der Waals surface area contributed by atoms with Crippen LogP contribution in [0.25, 0.3) is 0 Å². The van der Waals surface area contributed by atoms with E-state index >= 15 is 0 Å². The molecule has 1 aromatic carbocycles. The molecule has 7 nitrogen and oxygen atoms in total. The van der Waals surface area contributed by atoms with Crippen LogP contribution in [0.3, 0.4) is 0 Å². The third-order valence-corrected chi connectivity index (χ3v) is 3.07. The standard InChI is InChI=1S/C16H22N2O5/c1-4-14(16(20)23-10-11(2)3)17-15(19)9-12-6-5-7-13(8-12)18(21)22/h5-8,11,14H,4,9-10H2,1-3H3,(H,17,19). The lowest BCUT2D eigenvalue weighted by molar-refractivity contribution is -0.384. The molecule has 0 radical (unpaired) electrons. The van der Waals surface area contributed by atoms with Crippen LogP contribution in [-0.2, 0) is 20.7 Å². The second-order valence-corrected chi connectivity index (χ2v) is 5.66. The summed E-state index contributed by atoms with van der Waals surface area (Å²) >= 11 is 0. The van der Waals surface area contributed by atoms with Gasteiger partial charge < -0.3 is 10.1 Å². The number of nitro groups is 1. The number of hydrogen-bond donors (Lipinski definition) is 1. The molecule has 1 atom stereocenters. The van der Waals surface area contributed by atoms with E-state index in [1.807, 2.05) is 13.8 Å². The lowest BCUT2D eigenvalue weighted by atomic mass is 10.1. The maximum absolute atomic E-state index is 12.0. The summed E-state index contributed by atoms with van der Waals surface area (Å²) in [6.45, 7) is 5.93. The van der Waals surface area contributed by atoms with Gasteiger partial charge in [-0.25, -0.2) is 4.79 Å². The maximum Gasteiger partial charge on any atom is 0.328 e. The molecule has 1 N–H and O–H groups in total. The highest BCUT2D eigenvalue weighted by Crippen LogP contribution is 2.13. The number of hydrogen-bond acceptors (Lipinski definition) is 5. The number of carbonyl (C=O) groups excluding carboxylic acids is 2. The van der Waals surface area contributed by atoms with Crippen molar-refractivity contribution in [1.29, 1.82) is 0 Å². The van der Waals surface area contributed by atoms with Crippen molar-refractivity contribution >= 4 is 17.6 Å². The second-order valence-electron chi connectivity index (χ2n) is 5.66. The Labute approximate surface area is 135 Å². The van der Waals surface area contributed by atoms with E-state index < -0.39 is 16.9 Å². The summed E-state index contributed by atoms with van der Waals surface area (Å²) in [6, 6.07) is 5.15. The minimum Gasteiger partial charge on any atom is -0.464 e. The molecular weight excluding hydrogens is 300 g/mol. The fourth-order valence-corrected chi connectivity index (χ4v) is 1.89. The van der Waals surface area contributed by atoms with Crippen molar-refractivity contribution in [3.8, 4) is 0 Å². The highest BCUT2D eigenvalue weighted by atomic mass is 16.6. The second kappa shape index (κ2) is 8.87. The zero-order valence-corrected chi connectivity index (χ0v) is 13.6. The number of nitrogens with zero attached hydrogens (tertiary/aromatic N) is 1. The van der Waals surface area contributed by atoms with E-state index in [2.05, 4.69) is 5.32 Å². The number of ether oxygens (including phenoxy) is 1. The Morgan fingerprint density at radius 3 is 2.61 bits per heavy atom. The quantitative estimate of drug-likeness (QED) is 0.449. The average Bonchev–Trinajstić information content (AvgIpc) is 2.50. The van der Waals surface area contributed by atoms with Gasteiger partial charge in [0.05, 0.1) is 18.0 Å². The molecule has 0 saturated heterocycles. The summed E-state index contributed by atoms with van der Waals surface area (Å²) in [4.78, 5) is 34.1. The minimum atomic E-state index is -0.708. The van der Waals surface area contributed by atoms with Crippen molar-refractivity contribution in [2.24, 2.45) is 5.92 Å². The van der Waals surface area contributed by atoms with Crippen LogP contribution in [0.1, 0.15) is 32.8 Å². The predicted octanol–water partition coefficient (Wildman–Crippen LogP) is 2.23. The zero-order chi connectivity index (χ0) is 17.4. The number of carbonyl (C=O) groups is 2. The van der Waals surface area contributed by atoms with E-state index in [1.165, 1.54) is 18.2 Å². The van der Waals surface area contributed by atoms with Crippen LogP contribution >= 0.6 is 0 Å². The minimum absolute atomic E-state index is 0.0321. The van der Waals surface area contributed by atoms with Gasteiger partial charge in [0.1, 0.15) is 6.04 Å². The lowest BCUT2D eigenvalue weighted by Crippen LogP contribution is -2.42.